The van der Waals surface area contributed by atoms with Gasteiger partial charge in [0, 0.05) is 44.6 Å². The fourth-order valence-corrected chi connectivity index (χ4v) is 5.54. The molecule has 0 aliphatic carbocycles. The van der Waals surface area contributed by atoms with Crippen LogP contribution in [0.1, 0.15) is 40.7 Å². The van der Waals surface area contributed by atoms with Gasteiger partial charge in [0.15, 0.2) is 0 Å². The van der Waals surface area contributed by atoms with Crippen molar-refractivity contribution < 1.29 is 18.3 Å². The van der Waals surface area contributed by atoms with Crippen molar-refractivity contribution in [3.63, 3.8) is 0 Å². The smallest absolute Gasteiger partial charge is 0.273 e. The van der Waals surface area contributed by atoms with Crippen LogP contribution in [0.3, 0.4) is 0 Å². The monoisotopic (exact) mass is 560 g/mol. The molecule has 0 radical (unpaired) electrons. The van der Waals surface area contributed by atoms with Crippen molar-refractivity contribution in [3.05, 3.63) is 89.1 Å². The topological polar surface area (TPSA) is 74.7 Å². The lowest BCUT2D eigenvalue weighted by Crippen LogP contribution is -2.45. The Morgan fingerprint density at radius 1 is 1.05 bits per heavy atom. The maximum absolute atomic E-state index is 14.2. The molecule has 2 aliphatic rings. The number of nitrogens with zero attached hydrogens (tertiary/aromatic N) is 4. The SMILES string of the molecule is CN1CCN(c2cccc(C(=O)Nn3ncc4cc(Cc5cc(F)ccc5F)ccc43)c2NC2CCCCO2)CC1. The van der Waals surface area contributed by atoms with Crippen molar-refractivity contribution in [1.82, 2.24) is 14.8 Å². The number of rotatable bonds is 7. The number of benzene rings is 3. The Bertz CT molecular complexity index is 1540. The summed E-state index contributed by atoms with van der Waals surface area (Å²) in [6.07, 6.45) is 4.73. The molecule has 2 aliphatic heterocycles. The number of piperazine rings is 1. The molecule has 1 atom stereocenters. The first kappa shape index (κ1) is 27.2. The van der Waals surface area contributed by atoms with E-state index in [1.54, 1.807) is 6.20 Å². The minimum Gasteiger partial charge on any atom is -0.367 e. The average molecular weight is 561 g/mol. The molecule has 6 rings (SSSR count). The van der Waals surface area contributed by atoms with Crippen molar-refractivity contribution in [2.45, 2.75) is 31.9 Å². The second-order valence-corrected chi connectivity index (χ2v) is 10.8. The number of ether oxygens (including phenoxy) is 1. The summed E-state index contributed by atoms with van der Waals surface area (Å²) in [4.78, 5) is 19.8. The van der Waals surface area contributed by atoms with Crippen LogP contribution in [0.15, 0.2) is 60.8 Å². The fourth-order valence-electron chi connectivity index (χ4n) is 5.54. The van der Waals surface area contributed by atoms with Gasteiger partial charge in [0.1, 0.15) is 17.9 Å². The first-order chi connectivity index (χ1) is 19.9. The summed E-state index contributed by atoms with van der Waals surface area (Å²) in [5.74, 6) is -1.22. The van der Waals surface area contributed by atoms with E-state index < -0.39 is 11.6 Å². The third-order valence-electron chi connectivity index (χ3n) is 7.86. The molecule has 1 amide bonds. The Morgan fingerprint density at radius 2 is 1.90 bits per heavy atom. The zero-order chi connectivity index (χ0) is 28.3. The molecule has 8 nitrogen and oxygen atoms in total. The Hall–Kier alpha value is -4.02. The molecule has 214 valence electrons. The summed E-state index contributed by atoms with van der Waals surface area (Å²) < 4.78 is 33.8. The van der Waals surface area contributed by atoms with E-state index in [1.165, 1.54) is 10.9 Å². The van der Waals surface area contributed by atoms with Gasteiger partial charge in [-0.3, -0.25) is 4.79 Å². The minimum atomic E-state index is -0.474. The number of amides is 1. The number of anilines is 2. The van der Waals surface area contributed by atoms with Crippen LogP contribution in [0.4, 0.5) is 20.2 Å². The number of likely N-dealkylation sites (N-methyl/N-ethyl adjacent to an activating group) is 1. The molecule has 0 saturated carbocycles. The lowest BCUT2D eigenvalue weighted by atomic mass is 10.0. The average Bonchev–Trinajstić information content (AvgIpc) is 3.37. The number of carbonyl (C=O) groups excluding carboxylic acids is 1. The number of para-hydroxylation sites is 1. The lowest BCUT2D eigenvalue weighted by molar-refractivity contribution is 0.0343. The lowest BCUT2D eigenvalue weighted by Gasteiger charge is -2.36. The van der Waals surface area contributed by atoms with Gasteiger partial charge in [-0.1, -0.05) is 12.1 Å². The van der Waals surface area contributed by atoms with Crippen LogP contribution in [0, 0.1) is 11.6 Å². The normalized spacial score (nSPS) is 18.0. The Labute approximate surface area is 237 Å². The second kappa shape index (κ2) is 11.8. The molecule has 41 heavy (non-hydrogen) atoms. The van der Waals surface area contributed by atoms with Gasteiger partial charge in [-0.15, -0.1) is 0 Å². The maximum atomic E-state index is 14.2. The van der Waals surface area contributed by atoms with Crippen LogP contribution >= 0.6 is 0 Å². The predicted octanol–water partition coefficient (Wildman–Crippen LogP) is 4.98. The van der Waals surface area contributed by atoms with Crippen LogP contribution in [0.25, 0.3) is 10.9 Å². The summed E-state index contributed by atoms with van der Waals surface area (Å²) in [5, 5.41) is 8.71. The summed E-state index contributed by atoms with van der Waals surface area (Å²) in [7, 11) is 2.12. The number of fused-ring (bicyclic) bond motifs is 1. The van der Waals surface area contributed by atoms with Crippen LogP contribution in [-0.2, 0) is 11.2 Å². The molecule has 4 aromatic rings. The zero-order valence-electron chi connectivity index (χ0n) is 23.1. The molecule has 0 bridgehead atoms. The maximum Gasteiger partial charge on any atom is 0.273 e. The summed E-state index contributed by atoms with van der Waals surface area (Å²) in [5.41, 5.74) is 6.98. The van der Waals surface area contributed by atoms with Crippen LogP contribution in [0.5, 0.6) is 0 Å². The van der Waals surface area contributed by atoms with Gasteiger partial charge < -0.3 is 19.9 Å². The van der Waals surface area contributed by atoms with Gasteiger partial charge in [-0.05, 0) is 79.9 Å². The van der Waals surface area contributed by atoms with E-state index in [9.17, 15) is 13.6 Å². The summed E-state index contributed by atoms with van der Waals surface area (Å²) in [6.45, 7) is 4.33. The first-order valence-electron chi connectivity index (χ1n) is 14.1. The van der Waals surface area contributed by atoms with E-state index >= 15 is 0 Å². The van der Waals surface area contributed by atoms with Crippen molar-refractivity contribution in [2.24, 2.45) is 0 Å². The fraction of sp³-hybridized carbons (Fsp3) is 0.355. The highest BCUT2D eigenvalue weighted by atomic mass is 19.1. The van der Waals surface area contributed by atoms with Gasteiger partial charge in [0.05, 0.1) is 28.7 Å². The molecule has 2 N–H and O–H groups in total. The molecule has 1 aromatic heterocycles. The number of hydrogen-bond acceptors (Lipinski definition) is 6. The minimum absolute atomic E-state index is 0.157. The second-order valence-electron chi connectivity index (χ2n) is 10.8. The highest BCUT2D eigenvalue weighted by Gasteiger charge is 2.25. The van der Waals surface area contributed by atoms with Gasteiger partial charge in [-0.2, -0.15) is 9.89 Å². The van der Waals surface area contributed by atoms with Gasteiger partial charge >= 0.3 is 0 Å². The molecular weight excluding hydrogens is 526 g/mol. The molecule has 0 spiro atoms. The molecule has 10 heteroatoms. The van der Waals surface area contributed by atoms with Crippen molar-refractivity contribution in [3.8, 4) is 0 Å². The van der Waals surface area contributed by atoms with Gasteiger partial charge in [-0.25, -0.2) is 14.2 Å². The quantitative estimate of drug-likeness (QED) is 0.332. The van der Waals surface area contributed by atoms with Crippen LogP contribution < -0.4 is 15.6 Å². The van der Waals surface area contributed by atoms with E-state index in [0.717, 1.165) is 79.9 Å². The number of halogens is 2. The van der Waals surface area contributed by atoms with E-state index in [1.807, 2.05) is 30.3 Å². The van der Waals surface area contributed by atoms with E-state index in [2.05, 4.69) is 38.8 Å². The van der Waals surface area contributed by atoms with E-state index in [0.29, 0.717) is 17.7 Å². The number of nitrogens with one attached hydrogen (secondary N) is 2. The standard InChI is InChI=1S/C31H34F2N6O2/c1-37-12-14-38(15-13-37)28-6-4-5-25(30(28)35-29-7-2-3-16-41-29)31(40)36-39-27-11-8-21(18-23(27)20-34-39)17-22-19-24(32)9-10-26(22)33/h4-6,8-11,18-20,29,35H,2-3,7,12-17H2,1H3,(H,36,40). The number of aromatic nitrogens is 2. The zero-order valence-corrected chi connectivity index (χ0v) is 23.1. The summed E-state index contributed by atoms with van der Waals surface area (Å²) >= 11 is 0. The molecule has 3 heterocycles. The van der Waals surface area contributed by atoms with E-state index in [-0.39, 0.29) is 24.1 Å². The van der Waals surface area contributed by atoms with E-state index in [4.69, 9.17) is 4.74 Å². The Kier molecular flexibility index (Phi) is 7.84. The number of carbonyl (C=O) groups is 1. The molecule has 3 aromatic carbocycles. The Morgan fingerprint density at radius 3 is 2.71 bits per heavy atom. The third kappa shape index (κ3) is 6.03. The molecule has 1 unspecified atom stereocenters. The highest BCUT2D eigenvalue weighted by molar-refractivity contribution is 6.07. The first-order valence-corrected chi connectivity index (χ1v) is 14.1. The molecular formula is C31H34F2N6O2. The molecule has 2 fully saturated rings. The van der Waals surface area contributed by atoms with Crippen LogP contribution in [-0.4, -0.2) is 66.8 Å². The highest BCUT2D eigenvalue weighted by Crippen LogP contribution is 2.33. The van der Waals surface area contributed by atoms with Gasteiger partial charge in [0.25, 0.3) is 5.91 Å². The Balaban J connectivity index is 1.26. The van der Waals surface area contributed by atoms with Crippen molar-refractivity contribution in [1.29, 1.82) is 0 Å². The summed E-state index contributed by atoms with van der Waals surface area (Å²) in [6, 6.07) is 14.8. The van der Waals surface area contributed by atoms with Crippen molar-refractivity contribution in [2.75, 3.05) is 55.5 Å². The number of hydrogen-bond donors (Lipinski definition) is 2. The third-order valence-corrected chi connectivity index (χ3v) is 7.86. The molecule has 2 saturated heterocycles. The van der Waals surface area contributed by atoms with Gasteiger partial charge in [0.2, 0.25) is 0 Å². The van der Waals surface area contributed by atoms with Crippen molar-refractivity contribution >= 4 is 28.2 Å². The predicted molar refractivity (Wildman–Crippen MR) is 156 cm³/mol. The van der Waals surface area contributed by atoms with Crippen LogP contribution in [0.2, 0.25) is 0 Å². The largest absolute Gasteiger partial charge is 0.367 e.